The molecule has 2 saturated heterocycles. The molecule has 9 heteroatoms. The highest BCUT2D eigenvalue weighted by Crippen LogP contribution is 2.35. The molecule has 2 fully saturated rings. The molecular formula is C24H28N6O3. The molecule has 0 aliphatic carbocycles. The Morgan fingerprint density at radius 3 is 2.97 bits per heavy atom. The van der Waals surface area contributed by atoms with Crippen LogP contribution in [0, 0.1) is 17.2 Å². The highest BCUT2D eigenvalue weighted by Gasteiger charge is 2.35. The van der Waals surface area contributed by atoms with Gasteiger partial charge in [0.2, 0.25) is 5.91 Å². The van der Waals surface area contributed by atoms with Gasteiger partial charge in [-0.3, -0.25) is 4.79 Å². The fourth-order valence-corrected chi connectivity index (χ4v) is 4.69. The number of morpholine rings is 1. The maximum Gasteiger partial charge on any atom is 0.239 e. The lowest BCUT2D eigenvalue weighted by atomic mass is 10.0. The van der Waals surface area contributed by atoms with Gasteiger partial charge in [-0.15, -0.1) is 0 Å². The van der Waals surface area contributed by atoms with Gasteiger partial charge in [0, 0.05) is 38.4 Å². The van der Waals surface area contributed by atoms with Gasteiger partial charge in [0.1, 0.15) is 0 Å². The lowest BCUT2D eigenvalue weighted by Gasteiger charge is -2.45. The smallest absolute Gasteiger partial charge is 0.239 e. The Morgan fingerprint density at radius 1 is 1.24 bits per heavy atom. The first-order chi connectivity index (χ1) is 16.2. The number of hydrogen-bond acceptors (Lipinski definition) is 8. The number of carbonyl (C=O) groups is 1. The van der Waals surface area contributed by atoms with E-state index in [1.54, 1.807) is 18.3 Å². The van der Waals surface area contributed by atoms with Crippen molar-refractivity contribution in [2.24, 2.45) is 5.92 Å². The molecule has 4 heterocycles. The second kappa shape index (κ2) is 9.73. The molecule has 3 aliphatic rings. The van der Waals surface area contributed by atoms with Crippen LogP contribution in [-0.2, 0) is 14.3 Å². The summed E-state index contributed by atoms with van der Waals surface area (Å²) < 4.78 is 11.1. The Morgan fingerprint density at radius 2 is 2.12 bits per heavy atom. The van der Waals surface area contributed by atoms with E-state index in [1.165, 1.54) is 0 Å². The average Bonchev–Trinajstić information content (AvgIpc) is 2.88. The molecule has 1 atom stereocenters. The van der Waals surface area contributed by atoms with Gasteiger partial charge in [-0.2, -0.15) is 5.26 Å². The standard InChI is InChI=1S/C24H28N6O3/c25-11-18-2-1-3-19(10-18)23-27-13-21-24(28-23)30-6-9-33-16-20(30)14-29(21)15-22(31)26-12-17-4-7-32-8-5-17/h1-3,10,13,17,20H,4-9,12,14-16H2,(H,26,31). The second-order valence-electron chi connectivity index (χ2n) is 8.76. The van der Waals surface area contributed by atoms with Crippen LogP contribution < -0.4 is 15.1 Å². The van der Waals surface area contributed by atoms with Crippen LogP contribution >= 0.6 is 0 Å². The Kier molecular flexibility index (Phi) is 6.37. The van der Waals surface area contributed by atoms with E-state index in [0.29, 0.717) is 43.6 Å². The number of ether oxygens (including phenoxy) is 2. The number of fused-ring (bicyclic) bond motifs is 3. The summed E-state index contributed by atoms with van der Waals surface area (Å²) >= 11 is 0. The largest absolute Gasteiger partial charge is 0.381 e. The number of nitrogens with zero attached hydrogens (tertiary/aromatic N) is 5. The number of hydrogen-bond donors (Lipinski definition) is 1. The topological polar surface area (TPSA) is 104 Å². The zero-order valence-corrected chi connectivity index (χ0v) is 18.6. The Balaban J connectivity index is 1.37. The van der Waals surface area contributed by atoms with E-state index in [1.807, 2.05) is 12.1 Å². The third kappa shape index (κ3) is 4.77. The highest BCUT2D eigenvalue weighted by atomic mass is 16.5. The molecule has 0 saturated carbocycles. The van der Waals surface area contributed by atoms with Crippen molar-refractivity contribution in [3.8, 4) is 17.5 Å². The van der Waals surface area contributed by atoms with E-state index in [0.717, 1.165) is 49.7 Å². The molecule has 2 aromatic rings. The van der Waals surface area contributed by atoms with Crippen molar-refractivity contribution >= 4 is 17.4 Å². The first-order valence-corrected chi connectivity index (χ1v) is 11.5. The fourth-order valence-electron chi connectivity index (χ4n) is 4.69. The van der Waals surface area contributed by atoms with Crippen molar-refractivity contribution < 1.29 is 14.3 Å². The van der Waals surface area contributed by atoms with E-state index in [9.17, 15) is 10.1 Å². The number of rotatable bonds is 5. The van der Waals surface area contributed by atoms with E-state index < -0.39 is 0 Å². The lowest BCUT2D eigenvalue weighted by Crippen LogP contribution is -2.57. The molecule has 0 radical (unpaired) electrons. The number of anilines is 2. The van der Waals surface area contributed by atoms with E-state index in [4.69, 9.17) is 14.5 Å². The minimum atomic E-state index is 0.00316. The minimum absolute atomic E-state index is 0.00316. The maximum atomic E-state index is 12.8. The molecule has 1 N–H and O–H groups in total. The third-order valence-corrected chi connectivity index (χ3v) is 6.53. The van der Waals surface area contributed by atoms with Crippen molar-refractivity contribution in [2.75, 3.05) is 62.4 Å². The summed E-state index contributed by atoms with van der Waals surface area (Å²) in [5.74, 6) is 1.87. The van der Waals surface area contributed by atoms with Crippen molar-refractivity contribution in [3.63, 3.8) is 0 Å². The van der Waals surface area contributed by atoms with Crippen LogP contribution in [-0.4, -0.2) is 74.5 Å². The molecule has 1 unspecified atom stereocenters. The Bertz CT molecular complexity index is 1050. The van der Waals surface area contributed by atoms with Gasteiger partial charge in [-0.25, -0.2) is 9.97 Å². The van der Waals surface area contributed by atoms with Crippen LogP contribution in [0.5, 0.6) is 0 Å². The summed E-state index contributed by atoms with van der Waals surface area (Å²) in [6, 6.07) is 9.60. The van der Waals surface area contributed by atoms with E-state index in [-0.39, 0.29) is 18.5 Å². The molecule has 1 aromatic carbocycles. The second-order valence-corrected chi connectivity index (χ2v) is 8.76. The summed E-state index contributed by atoms with van der Waals surface area (Å²) in [5.41, 5.74) is 2.23. The number of nitrogens with one attached hydrogen (secondary N) is 1. The third-order valence-electron chi connectivity index (χ3n) is 6.53. The van der Waals surface area contributed by atoms with Gasteiger partial charge in [0.15, 0.2) is 11.6 Å². The SMILES string of the molecule is N#Cc1cccc(-c2ncc3c(n2)N2CCOCC2CN3CC(=O)NCC2CCOCC2)c1. The molecular weight excluding hydrogens is 420 g/mol. The molecule has 9 nitrogen and oxygen atoms in total. The first-order valence-electron chi connectivity index (χ1n) is 11.5. The molecule has 1 amide bonds. The number of aromatic nitrogens is 2. The van der Waals surface area contributed by atoms with Crippen molar-refractivity contribution in [1.82, 2.24) is 15.3 Å². The summed E-state index contributed by atoms with van der Waals surface area (Å²) in [7, 11) is 0. The van der Waals surface area contributed by atoms with Crippen LogP contribution in [0.3, 0.4) is 0 Å². The number of nitriles is 1. The van der Waals surface area contributed by atoms with Crippen molar-refractivity contribution in [3.05, 3.63) is 36.0 Å². The van der Waals surface area contributed by atoms with Crippen LogP contribution in [0.2, 0.25) is 0 Å². The zero-order chi connectivity index (χ0) is 22.6. The van der Waals surface area contributed by atoms with Crippen LogP contribution in [0.15, 0.2) is 30.5 Å². The van der Waals surface area contributed by atoms with Gasteiger partial charge in [0.05, 0.1) is 49.3 Å². The maximum absolute atomic E-state index is 12.8. The average molecular weight is 449 g/mol. The summed E-state index contributed by atoms with van der Waals surface area (Å²) in [6.07, 6.45) is 3.78. The monoisotopic (exact) mass is 448 g/mol. The van der Waals surface area contributed by atoms with Crippen LogP contribution in [0.4, 0.5) is 11.5 Å². The number of benzene rings is 1. The molecule has 1 aromatic heterocycles. The molecule has 3 aliphatic heterocycles. The molecule has 33 heavy (non-hydrogen) atoms. The molecule has 5 rings (SSSR count). The lowest BCUT2D eigenvalue weighted by molar-refractivity contribution is -0.120. The number of carbonyl (C=O) groups excluding carboxylic acids is 1. The summed E-state index contributed by atoms with van der Waals surface area (Å²) in [5, 5.41) is 12.3. The Labute approximate surface area is 193 Å². The highest BCUT2D eigenvalue weighted by molar-refractivity contribution is 5.84. The predicted octanol–water partition coefficient (Wildman–Crippen LogP) is 1.58. The van der Waals surface area contributed by atoms with Crippen molar-refractivity contribution in [2.45, 2.75) is 18.9 Å². The van der Waals surface area contributed by atoms with Gasteiger partial charge in [-0.1, -0.05) is 12.1 Å². The first kappa shape index (κ1) is 21.6. The van der Waals surface area contributed by atoms with E-state index >= 15 is 0 Å². The van der Waals surface area contributed by atoms with Gasteiger partial charge >= 0.3 is 0 Å². The minimum Gasteiger partial charge on any atom is -0.381 e. The van der Waals surface area contributed by atoms with Gasteiger partial charge in [0.25, 0.3) is 0 Å². The summed E-state index contributed by atoms with van der Waals surface area (Å²) in [4.78, 5) is 26.6. The van der Waals surface area contributed by atoms with Gasteiger partial charge in [-0.05, 0) is 30.9 Å². The molecule has 0 bridgehead atoms. The fraction of sp³-hybridized carbons (Fsp3) is 0.500. The zero-order valence-electron chi connectivity index (χ0n) is 18.6. The quantitative estimate of drug-likeness (QED) is 0.736. The molecule has 0 spiro atoms. The van der Waals surface area contributed by atoms with Crippen LogP contribution in [0.1, 0.15) is 18.4 Å². The molecule has 172 valence electrons. The van der Waals surface area contributed by atoms with Gasteiger partial charge < -0.3 is 24.6 Å². The van der Waals surface area contributed by atoms with E-state index in [2.05, 4.69) is 26.2 Å². The van der Waals surface area contributed by atoms with Crippen LogP contribution in [0.25, 0.3) is 11.4 Å². The number of amides is 1. The normalized spacial score (nSPS) is 20.5. The van der Waals surface area contributed by atoms with Crippen molar-refractivity contribution in [1.29, 1.82) is 5.26 Å². The summed E-state index contributed by atoms with van der Waals surface area (Å²) in [6.45, 7) is 5.16. The predicted molar refractivity (Wildman–Crippen MR) is 123 cm³/mol. The Hall–Kier alpha value is -3.22.